The second-order valence-electron chi connectivity index (χ2n) is 9.30. The van der Waals surface area contributed by atoms with Gasteiger partial charge >= 0.3 is 5.91 Å². The lowest BCUT2D eigenvalue weighted by Gasteiger charge is -2.23. The highest BCUT2D eigenvalue weighted by Gasteiger charge is 2.48. The number of fused-ring (bicyclic) bond motifs is 1. The number of amides is 1. The molecule has 1 unspecified atom stereocenters. The van der Waals surface area contributed by atoms with Crippen LogP contribution >= 0.6 is 34.7 Å². The lowest BCUT2D eigenvalue weighted by atomic mass is 9.95. The molecule has 12 heteroatoms. The summed E-state index contributed by atoms with van der Waals surface area (Å²) < 4.78 is 17.6. The van der Waals surface area contributed by atoms with E-state index in [0.29, 0.717) is 63.3 Å². The summed E-state index contributed by atoms with van der Waals surface area (Å²) in [6, 6.07) is 18.5. The molecule has 4 aromatic rings. The Morgan fingerprint density at radius 1 is 1.07 bits per heavy atom. The number of halogens is 1. The van der Waals surface area contributed by atoms with Gasteiger partial charge in [0.25, 0.3) is 5.78 Å². The second kappa shape index (κ2) is 12.0. The average molecular weight is 622 g/mol. The van der Waals surface area contributed by atoms with Crippen molar-refractivity contribution in [3.63, 3.8) is 0 Å². The zero-order chi connectivity index (χ0) is 29.2. The van der Waals surface area contributed by atoms with Gasteiger partial charge in [-0.1, -0.05) is 59.0 Å². The molecule has 1 aromatic heterocycles. The Balaban J connectivity index is 1.39. The molecule has 0 radical (unpaired) electrons. The van der Waals surface area contributed by atoms with Crippen LogP contribution in [0, 0.1) is 0 Å². The van der Waals surface area contributed by atoms with Gasteiger partial charge in [-0.25, -0.2) is 0 Å². The maximum Gasteiger partial charge on any atom is 0.301 e. The van der Waals surface area contributed by atoms with Crippen LogP contribution in [0.15, 0.2) is 76.6 Å². The monoisotopic (exact) mass is 621 g/mol. The van der Waals surface area contributed by atoms with E-state index in [4.69, 9.17) is 25.8 Å². The van der Waals surface area contributed by atoms with E-state index in [1.807, 2.05) is 31.2 Å². The number of hydrogen-bond donors (Lipinski definition) is 1. The summed E-state index contributed by atoms with van der Waals surface area (Å²) in [7, 11) is 0. The first kappa shape index (κ1) is 28.1. The number of nitrogens with zero attached hydrogens (tertiary/aromatic N) is 3. The summed E-state index contributed by atoms with van der Waals surface area (Å²) in [4.78, 5) is 28.4. The van der Waals surface area contributed by atoms with Gasteiger partial charge in [0.05, 0.1) is 18.2 Å². The Morgan fingerprint density at radius 2 is 1.86 bits per heavy atom. The molecule has 9 nitrogen and oxygen atoms in total. The number of hydrogen-bond acceptors (Lipinski definition) is 10. The Hall–Kier alpha value is -4.06. The third kappa shape index (κ3) is 5.55. The number of Topliss-reactive ketones (excluding diaryl/α,β-unsaturated/α-hetero) is 1. The molecule has 214 valence electrons. The minimum atomic E-state index is -0.972. The van der Waals surface area contributed by atoms with E-state index < -0.39 is 17.7 Å². The number of ether oxygens (including phenoxy) is 3. The number of thioether (sulfide) groups is 1. The molecule has 42 heavy (non-hydrogen) atoms. The van der Waals surface area contributed by atoms with Gasteiger partial charge in [-0.3, -0.25) is 14.5 Å². The zero-order valence-electron chi connectivity index (χ0n) is 22.3. The van der Waals surface area contributed by atoms with E-state index in [-0.39, 0.29) is 16.5 Å². The number of carbonyl (C=O) groups excluding carboxylic acids is 2. The van der Waals surface area contributed by atoms with Crippen LogP contribution in [0.3, 0.4) is 0 Å². The molecule has 6 rings (SSSR count). The molecule has 2 aliphatic rings. The number of rotatable bonds is 8. The summed E-state index contributed by atoms with van der Waals surface area (Å²) in [6.45, 7) is 3.08. The third-order valence-electron chi connectivity index (χ3n) is 6.62. The predicted molar refractivity (Wildman–Crippen MR) is 161 cm³/mol. The molecule has 1 saturated heterocycles. The topological polar surface area (TPSA) is 111 Å². The lowest BCUT2D eigenvalue weighted by molar-refractivity contribution is -0.132. The SMILES string of the molecule is CCOc1cccc(C2/C(=C(\O)c3ccc4c(c3)OCCO4)C(=O)C(=O)N2c2nnc(SCc3ccc(Cl)cc3)s2)c1. The molecule has 1 atom stereocenters. The molecule has 1 amide bonds. The number of aliphatic hydroxyl groups is 1. The standard InChI is InChI=1S/C30H24ClN3O6S2/c1-2-38-21-5-3-4-18(14-21)25-24(26(35)19-8-11-22-23(15-19)40-13-12-39-22)27(36)28(37)34(25)29-32-33-30(42-29)41-16-17-6-9-20(31)10-7-17/h3-11,14-15,25,35H,2,12-13,16H2,1H3/b26-24+. The molecule has 1 fully saturated rings. The van der Waals surface area contributed by atoms with Crippen LogP contribution in [-0.2, 0) is 15.3 Å². The van der Waals surface area contributed by atoms with Crippen molar-refractivity contribution in [1.82, 2.24) is 10.2 Å². The molecule has 3 aromatic carbocycles. The third-order valence-corrected chi connectivity index (χ3v) is 9.00. The minimum absolute atomic E-state index is 0.0732. The van der Waals surface area contributed by atoms with Gasteiger partial charge in [0.15, 0.2) is 15.8 Å². The number of aliphatic hydroxyl groups excluding tert-OH is 1. The quantitative estimate of drug-likeness (QED) is 0.0799. The second-order valence-corrected chi connectivity index (χ2v) is 11.9. The highest BCUT2D eigenvalue weighted by molar-refractivity contribution is 8.00. The first-order valence-electron chi connectivity index (χ1n) is 13.1. The molecular weight excluding hydrogens is 598 g/mol. The van der Waals surface area contributed by atoms with Crippen molar-refractivity contribution in [3.8, 4) is 17.2 Å². The van der Waals surface area contributed by atoms with Crippen LogP contribution in [-0.4, -0.2) is 46.8 Å². The van der Waals surface area contributed by atoms with Crippen molar-refractivity contribution in [2.45, 2.75) is 23.1 Å². The fraction of sp³-hybridized carbons (Fsp3) is 0.200. The first-order valence-corrected chi connectivity index (χ1v) is 15.3. The Morgan fingerprint density at radius 3 is 2.64 bits per heavy atom. The molecular formula is C30H24ClN3O6S2. The van der Waals surface area contributed by atoms with Crippen LogP contribution < -0.4 is 19.1 Å². The molecule has 3 heterocycles. The molecule has 2 aliphatic heterocycles. The van der Waals surface area contributed by atoms with Crippen molar-refractivity contribution >= 4 is 57.3 Å². The molecule has 0 bridgehead atoms. The van der Waals surface area contributed by atoms with Crippen molar-refractivity contribution in [1.29, 1.82) is 0 Å². The van der Waals surface area contributed by atoms with E-state index in [1.54, 1.807) is 42.5 Å². The normalized spacial score (nSPS) is 17.5. The van der Waals surface area contributed by atoms with Crippen molar-refractivity contribution in [2.75, 3.05) is 24.7 Å². The number of aromatic nitrogens is 2. The Bertz CT molecular complexity index is 1690. The van der Waals surface area contributed by atoms with Gasteiger partial charge in [0.1, 0.15) is 24.7 Å². The molecule has 0 aliphatic carbocycles. The maximum absolute atomic E-state index is 13.6. The van der Waals surface area contributed by atoms with Crippen molar-refractivity contribution in [3.05, 3.63) is 94.0 Å². The zero-order valence-corrected chi connectivity index (χ0v) is 24.7. The predicted octanol–water partition coefficient (Wildman–Crippen LogP) is 6.28. The van der Waals surface area contributed by atoms with Crippen LogP contribution in [0.1, 0.15) is 29.7 Å². The number of carbonyl (C=O) groups is 2. The van der Waals surface area contributed by atoms with E-state index in [2.05, 4.69) is 10.2 Å². The highest BCUT2D eigenvalue weighted by atomic mass is 35.5. The maximum atomic E-state index is 13.6. The van der Waals surface area contributed by atoms with Gasteiger partial charge < -0.3 is 19.3 Å². The van der Waals surface area contributed by atoms with E-state index in [9.17, 15) is 14.7 Å². The molecule has 1 N–H and O–H groups in total. The van der Waals surface area contributed by atoms with Crippen molar-refractivity contribution < 1.29 is 28.9 Å². The molecule has 0 spiro atoms. The Kier molecular flexibility index (Phi) is 8.05. The van der Waals surface area contributed by atoms with Crippen LogP contribution in [0.5, 0.6) is 17.2 Å². The minimum Gasteiger partial charge on any atom is -0.507 e. The number of benzene rings is 3. The number of anilines is 1. The van der Waals surface area contributed by atoms with Crippen LogP contribution in [0.4, 0.5) is 5.13 Å². The van der Waals surface area contributed by atoms with Crippen LogP contribution in [0.25, 0.3) is 5.76 Å². The van der Waals surface area contributed by atoms with E-state index in [0.717, 1.165) is 5.56 Å². The number of ketones is 1. The fourth-order valence-corrected chi connectivity index (χ4v) is 6.67. The Labute approximate surface area is 254 Å². The highest BCUT2D eigenvalue weighted by Crippen LogP contribution is 2.45. The van der Waals surface area contributed by atoms with Gasteiger partial charge in [-0.15, -0.1) is 10.2 Å². The fourth-order valence-electron chi connectivity index (χ4n) is 4.72. The van der Waals surface area contributed by atoms with Crippen LogP contribution in [0.2, 0.25) is 5.02 Å². The largest absolute Gasteiger partial charge is 0.507 e. The lowest BCUT2D eigenvalue weighted by Crippen LogP contribution is -2.29. The van der Waals surface area contributed by atoms with E-state index in [1.165, 1.54) is 28.0 Å². The van der Waals surface area contributed by atoms with Gasteiger partial charge in [0, 0.05) is 16.3 Å². The first-order chi connectivity index (χ1) is 20.4. The summed E-state index contributed by atoms with van der Waals surface area (Å²) in [5.41, 5.74) is 1.87. The summed E-state index contributed by atoms with van der Waals surface area (Å²) >= 11 is 8.64. The molecule has 0 saturated carbocycles. The average Bonchev–Trinajstić information content (AvgIpc) is 3.58. The smallest absolute Gasteiger partial charge is 0.301 e. The van der Waals surface area contributed by atoms with E-state index >= 15 is 0 Å². The van der Waals surface area contributed by atoms with Gasteiger partial charge in [0.2, 0.25) is 5.13 Å². The van der Waals surface area contributed by atoms with Gasteiger partial charge in [-0.05, 0) is 60.5 Å². The van der Waals surface area contributed by atoms with Crippen molar-refractivity contribution in [2.24, 2.45) is 0 Å². The summed E-state index contributed by atoms with van der Waals surface area (Å²) in [5.74, 6) is 0.190. The summed E-state index contributed by atoms with van der Waals surface area (Å²) in [5, 5.41) is 21.0. The van der Waals surface area contributed by atoms with Gasteiger partial charge in [-0.2, -0.15) is 0 Å². The summed E-state index contributed by atoms with van der Waals surface area (Å²) in [6.07, 6.45) is 0.